The van der Waals surface area contributed by atoms with E-state index in [2.05, 4.69) is 32.9 Å². The summed E-state index contributed by atoms with van der Waals surface area (Å²) in [6, 6.07) is 7.97. The highest BCUT2D eigenvalue weighted by Crippen LogP contribution is 2.40. The lowest BCUT2D eigenvalue weighted by Crippen LogP contribution is -2.29. The van der Waals surface area contributed by atoms with Gasteiger partial charge in [0.2, 0.25) is 0 Å². The van der Waals surface area contributed by atoms with Gasteiger partial charge in [0.25, 0.3) is 0 Å². The van der Waals surface area contributed by atoms with Crippen LogP contribution >= 0.6 is 23.4 Å². The smallest absolute Gasteiger partial charge is 0.131 e. The van der Waals surface area contributed by atoms with Gasteiger partial charge in [-0.25, -0.2) is 4.98 Å². The van der Waals surface area contributed by atoms with Crippen LogP contribution in [-0.4, -0.2) is 27.9 Å². The predicted molar refractivity (Wildman–Crippen MR) is 122 cm³/mol. The zero-order valence-electron chi connectivity index (χ0n) is 15.9. The summed E-state index contributed by atoms with van der Waals surface area (Å²) < 4.78 is 2.06. The molecule has 0 saturated carbocycles. The Kier molecular flexibility index (Phi) is 5.80. The second kappa shape index (κ2) is 8.49. The maximum absolute atomic E-state index is 6.14. The van der Waals surface area contributed by atoms with Crippen LogP contribution in [0.4, 0.5) is 11.5 Å². The molecule has 3 heterocycles. The van der Waals surface area contributed by atoms with Crippen molar-refractivity contribution >= 4 is 39.8 Å². The minimum Gasteiger partial charge on any atom is -0.397 e. The van der Waals surface area contributed by atoms with Crippen molar-refractivity contribution in [1.29, 1.82) is 0 Å². The lowest BCUT2D eigenvalue weighted by molar-refractivity contribution is 0.343. The zero-order valence-corrected chi connectivity index (χ0v) is 17.5. The van der Waals surface area contributed by atoms with Crippen molar-refractivity contribution in [3.05, 3.63) is 60.0 Å². The summed E-state index contributed by atoms with van der Waals surface area (Å²) in [6.45, 7) is 6.23. The van der Waals surface area contributed by atoms with Gasteiger partial charge < -0.3 is 16.8 Å². The fraction of sp³-hybridized carbons (Fsp3) is 0.238. The summed E-state index contributed by atoms with van der Waals surface area (Å²) in [7, 11) is 0. The second-order valence-corrected chi connectivity index (χ2v) is 8.57. The predicted octanol–water partition coefficient (Wildman–Crippen LogP) is 4.45. The first-order valence-corrected chi connectivity index (χ1v) is 10.6. The lowest BCUT2D eigenvalue weighted by atomic mass is 10.1. The molecule has 0 amide bonds. The topological polar surface area (TPSA) is 94.8 Å². The molecule has 0 bridgehead atoms. The van der Waals surface area contributed by atoms with Crippen molar-refractivity contribution in [3.8, 4) is 11.1 Å². The molecular weight excluding hydrogens is 404 g/mol. The number of benzene rings is 1. The molecule has 1 aliphatic rings. The van der Waals surface area contributed by atoms with Crippen LogP contribution in [0.5, 0.6) is 0 Å². The summed E-state index contributed by atoms with van der Waals surface area (Å²) >= 11 is 7.56. The van der Waals surface area contributed by atoms with Gasteiger partial charge in [0.15, 0.2) is 0 Å². The van der Waals surface area contributed by atoms with Crippen molar-refractivity contribution in [2.75, 3.05) is 24.6 Å². The summed E-state index contributed by atoms with van der Waals surface area (Å²) in [5, 5.41) is 8.48. The number of rotatable bonds is 5. The minimum atomic E-state index is 0.428. The van der Waals surface area contributed by atoms with Gasteiger partial charge in [0, 0.05) is 38.9 Å². The fourth-order valence-electron chi connectivity index (χ4n) is 3.41. The lowest BCUT2D eigenvalue weighted by Gasteiger charge is -2.22. The number of para-hydroxylation sites is 1. The van der Waals surface area contributed by atoms with E-state index in [4.69, 9.17) is 23.1 Å². The van der Waals surface area contributed by atoms with Crippen LogP contribution in [0, 0.1) is 0 Å². The molecule has 0 radical (unpaired) electrons. The van der Waals surface area contributed by atoms with E-state index in [0.717, 1.165) is 52.4 Å². The molecule has 0 unspecified atom stereocenters. The molecule has 4 rings (SSSR count). The Morgan fingerprint density at radius 2 is 2.00 bits per heavy atom. The van der Waals surface area contributed by atoms with Gasteiger partial charge >= 0.3 is 0 Å². The van der Waals surface area contributed by atoms with E-state index in [9.17, 15) is 0 Å². The molecule has 8 heteroatoms. The summed E-state index contributed by atoms with van der Waals surface area (Å²) in [6.07, 6.45) is 7.90. The van der Waals surface area contributed by atoms with Gasteiger partial charge in [-0.1, -0.05) is 36.0 Å². The number of nitrogens with zero attached hydrogens (tertiary/aromatic N) is 3. The van der Waals surface area contributed by atoms with Gasteiger partial charge in [-0.15, -0.1) is 0 Å². The third-order valence-corrected chi connectivity index (χ3v) is 6.45. The van der Waals surface area contributed by atoms with Gasteiger partial charge in [0.05, 0.1) is 22.9 Å². The van der Waals surface area contributed by atoms with Crippen molar-refractivity contribution in [2.45, 2.75) is 23.8 Å². The van der Waals surface area contributed by atoms with Crippen molar-refractivity contribution < 1.29 is 0 Å². The van der Waals surface area contributed by atoms with E-state index in [1.54, 1.807) is 12.3 Å². The molecule has 1 aliphatic heterocycles. The second-order valence-electron chi connectivity index (χ2n) is 7.02. The molecule has 1 saturated heterocycles. The number of nitrogens with two attached hydrogens (primary N) is 2. The largest absolute Gasteiger partial charge is 0.397 e. The molecule has 6 nitrogen and oxygen atoms in total. The number of anilines is 2. The van der Waals surface area contributed by atoms with Crippen LogP contribution in [0.1, 0.15) is 24.4 Å². The number of piperidine rings is 1. The van der Waals surface area contributed by atoms with Crippen LogP contribution in [0.25, 0.3) is 16.0 Å². The number of nitrogens with one attached hydrogen (secondary N) is 1. The van der Waals surface area contributed by atoms with E-state index >= 15 is 0 Å². The molecule has 5 N–H and O–H groups in total. The van der Waals surface area contributed by atoms with Crippen molar-refractivity contribution in [3.63, 3.8) is 0 Å². The molecule has 0 spiro atoms. The van der Waals surface area contributed by atoms with E-state index in [1.807, 2.05) is 24.4 Å². The third-order valence-electron chi connectivity index (χ3n) is 5.08. The quantitative estimate of drug-likeness (QED) is 0.412. The average molecular weight is 427 g/mol. The van der Waals surface area contributed by atoms with Gasteiger partial charge in [-0.05, 0) is 44.1 Å². The Labute approximate surface area is 179 Å². The van der Waals surface area contributed by atoms with Crippen molar-refractivity contribution in [1.82, 2.24) is 20.1 Å². The van der Waals surface area contributed by atoms with Crippen LogP contribution in [-0.2, 0) is 0 Å². The number of thioether (sulfide) groups is 1. The Morgan fingerprint density at radius 3 is 2.79 bits per heavy atom. The normalized spacial score (nSPS) is 14.8. The van der Waals surface area contributed by atoms with Crippen LogP contribution in [0.2, 0.25) is 5.02 Å². The molecule has 150 valence electrons. The molecule has 1 fully saturated rings. The number of hydrogen-bond donors (Lipinski definition) is 3. The van der Waals surface area contributed by atoms with Crippen LogP contribution in [0.15, 0.2) is 54.3 Å². The minimum absolute atomic E-state index is 0.428. The standard InChI is InChI=1S/C21H23ClN6S/c1-13(29-19-4-2-3-18(22)20(19)23)17-9-14(10-26-21(17)24)15-11-27-28(12-15)16-5-7-25-8-6-16/h2-4,9-12,16,25H,1,5-8,23H2,(H2,24,26). The monoisotopic (exact) mass is 426 g/mol. The molecule has 29 heavy (non-hydrogen) atoms. The van der Waals surface area contributed by atoms with Crippen molar-refractivity contribution in [2.24, 2.45) is 0 Å². The Bertz CT molecular complexity index is 1040. The first-order valence-electron chi connectivity index (χ1n) is 9.45. The molecule has 0 aliphatic carbocycles. The fourth-order valence-corrected chi connectivity index (χ4v) is 4.54. The molecule has 2 aromatic heterocycles. The maximum Gasteiger partial charge on any atom is 0.131 e. The van der Waals surface area contributed by atoms with E-state index in [1.165, 1.54) is 11.8 Å². The number of pyridine rings is 1. The first-order chi connectivity index (χ1) is 14.0. The highest BCUT2D eigenvalue weighted by Gasteiger charge is 2.17. The average Bonchev–Trinajstić information content (AvgIpc) is 3.22. The van der Waals surface area contributed by atoms with Crippen LogP contribution in [0.3, 0.4) is 0 Å². The van der Waals surface area contributed by atoms with E-state index < -0.39 is 0 Å². The van der Waals surface area contributed by atoms with Gasteiger partial charge in [-0.3, -0.25) is 4.68 Å². The Morgan fingerprint density at radius 1 is 1.21 bits per heavy atom. The van der Waals surface area contributed by atoms with E-state index in [-0.39, 0.29) is 0 Å². The number of halogens is 1. The maximum atomic E-state index is 6.14. The highest BCUT2D eigenvalue weighted by molar-refractivity contribution is 8.08. The SMILES string of the molecule is C=C(Sc1cccc(Cl)c1N)c1cc(-c2cnn(C3CCNCC3)c2)cnc1N. The molecule has 0 atom stereocenters. The first kappa shape index (κ1) is 19.8. The van der Waals surface area contributed by atoms with Gasteiger partial charge in [0.1, 0.15) is 5.82 Å². The Hall–Kier alpha value is -2.48. The highest BCUT2D eigenvalue weighted by atomic mass is 35.5. The molecule has 1 aromatic carbocycles. The number of hydrogen-bond acceptors (Lipinski definition) is 6. The summed E-state index contributed by atoms with van der Waals surface area (Å²) in [5.41, 5.74) is 15.5. The number of aromatic nitrogens is 3. The van der Waals surface area contributed by atoms with E-state index in [0.29, 0.717) is 22.6 Å². The Balaban J connectivity index is 1.58. The summed E-state index contributed by atoms with van der Waals surface area (Å²) in [4.78, 5) is 5.98. The zero-order chi connectivity index (χ0) is 20.4. The molecular formula is C21H23ClN6S. The molecule has 3 aromatic rings. The van der Waals surface area contributed by atoms with Crippen LogP contribution < -0.4 is 16.8 Å². The number of nitrogen functional groups attached to an aromatic ring is 2. The summed E-state index contributed by atoms with van der Waals surface area (Å²) in [5.74, 6) is 0.428. The van der Waals surface area contributed by atoms with Gasteiger partial charge in [-0.2, -0.15) is 5.10 Å². The third kappa shape index (κ3) is 4.27.